The van der Waals surface area contributed by atoms with E-state index in [0.717, 1.165) is 0 Å². The summed E-state index contributed by atoms with van der Waals surface area (Å²) in [6, 6.07) is 9.39. The summed E-state index contributed by atoms with van der Waals surface area (Å²) in [7, 11) is 1.53. The van der Waals surface area contributed by atoms with Crippen LogP contribution in [0.3, 0.4) is 0 Å². The molecule has 7 heteroatoms. The van der Waals surface area contributed by atoms with E-state index in [1.54, 1.807) is 18.2 Å². The Labute approximate surface area is 142 Å². The van der Waals surface area contributed by atoms with Crippen LogP contribution in [0, 0.1) is 0 Å². The molecule has 0 aliphatic heterocycles. The summed E-state index contributed by atoms with van der Waals surface area (Å²) in [5.41, 5.74) is 0.664. The molecule has 2 aromatic carbocycles. The van der Waals surface area contributed by atoms with Crippen LogP contribution >= 0.6 is 0 Å². The van der Waals surface area contributed by atoms with Crippen molar-refractivity contribution in [3.8, 4) is 22.9 Å². The lowest BCUT2D eigenvalue weighted by atomic mass is 10.1. The molecule has 3 rings (SSSR count). The summed E-state index contributed by atoms with van der Waals surface area (Å²) in [5.74, 6) is 0.348. The minimum atomic E-state index is -1.08. The lowest BCUT2D eigenvalue weighted by molar-refractivity contribution is 0.0697. The average Bonchev–Trinajstić information content (AvgIpc) is 2.61. The zero-order valence-electron chi connectivity index (χ0n) is 13.7. The highest BCUT2D eigenvalue weighted by Crippen LogP contribution is 2.31. The minimum absolute atomic E-state index is 0.0702. The van der Waals surface area contributed by atoms with Gasteiger partial charge in [0.05, 0.1) is 30.2 Å². The fourth-order valence-corrected chi connectivity index (χ4v) is 2.50. The molecular formula is C18H16N2O5. The van der Waals surface area contributed by atoms with Gasteiger partial charge in [-0.05, 0) is 43.3 Å². The predicted octanol–water partition coefficient (Wildman–Crippen LogP) is 2.70. The number of carbonyl (C=O) groups is 1. The van der Waals surface area contributed by atoms with Crippen molar-refractivity contribution < 1.29 is 19.4 Å². The summed E-state index contributed by atoms with van der Waals surface area (Å²) < 4.78 is 10.8. The lowest BCUT2D eigenvalue weighted by Gasteiger charge is -2.11. The zero-order valence-corrected chi connectivity index (χ0v) is 13.7. The molecule has 0 unspecified atom stereocenters. The molecule has 0 atom stereocenters. The maximum atomic E-state index is 12.3. The van der Waals surface area contributed by atoms with Crippen molar-refractivity contribution in [2.24, 2.45) is 0 Å². The summed E-state index contributed by atoms with van der Waals surface area (Å²) >= 11 is 0. The van der Waals surface area contributed by atoms with Gasteiger partial charge in [-0.25, -0.2) is 9.78 Å². The monoisotopic (exact) mass is 340 g/mol. The molecule has 1 aromatic heterocycles. The molecular weight excluding hydrogens is 324 g/mol. The van der Waals surface area contributed by atoms with Gasteiger partial charge < -0.3 is 19.6 Å². The van der Waals surface area contributed by atoms with Crippen molar-refractivity contribution in [1.82, 2.24) is 9.97 Å². The first-order valence-electron chi connectivity index (χ1n) is 7.62. The Bertz CT molecular complexity index is 1010. The van der Waals surface area contributed by atoms with E-state index in [0.29, 0.717) is 40.4 Å². The topological polar surface area (TPSA) is 102 Å². The van der Waals surface area contributed by atoms with Gasteiger partial charge in [0, 0.05) is 5.56 Å². The molecule has 0 radical (unpaired) electrons. The van der Waals surface area contributed by atoms with Crippen LogP contribution in [-0.4, -0.2) is 34.8 Å². The second-order valence-electron chi connectivity index (χ2n) is 5.25. The number of aromatic carboxylic acids is 1. The lowest BCUT2D eigenvalue weighted by Crippen LogP contribution is -2.10. The summed E-state index contributed by atoms with van der Waals surface area (Å²) in [4.78, 5) is 30.5. The van der Waals surface area contributed by atoms with Gasteiger partial charge in [-0.2, -0.15) is 0 Å². The molecule has 128 valence electrons. The van der Waals surface area contributed by atoms with Crippen LogP contribution in [0.1, 0.15) is 17.3 Å². The van der Waals surface area contributed by atoms with Crippen LogP contribution in [0.15, 0.2) is 41.2 Å². The standard InChI is InChI=1S/C18H16N2O5/c1-3-25-14-7-5-10(9-15(14)24-2)16-19-13-8-11(18(22)23)4-6-12(13)17(21)20-16/h4-9H,3H2,1-2H3,(H,22,23)(H,19,20,21). The first kappa shape index (κ1) is 16.5. The number of hydrogen-bond donors (Lipinski definition) is 2. The number of nitrogens with one attached hydrogen (secondary N) is 1. The molecule has 1 heterocycles. The van der Waals surface area contributed by atoms with E-state index in [9.17, 15) is 9.59 Å². The van der Waals surface area contributed by atoms with Gasteiger partial charge in [-0.3, -0.25) is 4.79 Å². The van der Waals surface area contributed by atoms with Gasteiger partial charge in [0.15, 0.2) is 11.5 Å². The maximum absolute atomic E-state index is 12.3. The number of methoxy groups -OCH3 is 1. The Morgan fingerprint density at radius 2 is 2.00 bits per heavy atom. The Kier molecular flexibility index (Phi) is 4.38. The largest absolute Gasteiger partial charge is 0.493 e. The summed E-state index contributed by atoms with van der Waals surface area (Å²) in [5, 5.41) is 9.43. The van der Waals surface area contributed by atoms with Gasteiger partial charge in [0.25, 0.3) is 5.56 Å². The number of aromatic amines is 1. The molecule has 0 amide bonds. The van der Waals surface area contributed by atoms with Crippen molar-refractivity contribution in [2.75, 3.05) is 13.7 Å². The second kappa shape index (κ2) is 6.64. The van der Waals surface area contributed by atoms with Crippen molar-refractivity contribution >= 4 is 16.9 Å². The van der Waals surface area contributed by atoms with Crippen molar-refractivity contribution in [1.29, 1.82) is 0 Å². The van der Waals surface area contributed by atoms with Crippen molar-refractivity contribution in [3.05, 3.63) is 52.3 Å². The third-order valence-corrected chi connectivity index (χ3v) is 3.69. The fraction of sp³-hybridized carbons (Fsp3) is 0.167. The molecule has 0 bridgehead atoms. The molecule has 7 nitrogen and oxygen atoms in total. The van der Waals surface area contributed by atoms with Crippen LogP contribution < -0.4 is 15.0 Å². The van der Waals surface area contributed by atoms with Gasteiger partial charge >= 0.3 is 5.97 Å². The van der Waals surface area contributed by atoms with Crippen LogP contribution in [0.4, 0.5) is 0 Å². The maximum Gasteiger partial charge on any atom is 0.335 e. The molecule has 0 aliphatic rings. The third kappa shape index (κ3) is 3.16. The van der Waals surface area contributed by atoms with E-state index in [1.807, 2.05) is 6.92 Å². The van der Waals surface area contributed by atoms with Crippen LogP contribution in [-0.2, 0) is 0 Å². The fourth-order valence-electron chi connectivity index (χ4n) is 2.50. The third-order valence-electron chi connectivity index (χ3n) is 3.69. The number of H-pyrrole nitrogens is 1. The normalized spacial score (nSPS) is 10.6. The number of ether oxygens (including phenoxy) is 2. The quantitative estimate of drug-likeness (QED) is 0.740. The molecule has 0 aliphatic carbocycles. The number of rotatable bonds is 5. The Morgan fingerprint density at radius 3 is 2.68 bits per heavy atom. The number of carboxylic acids is 1. The van der Waals surface area contributed by atoms with E-state index in [2.05, 4.69) is 9.97 Å². The predicted molar refractivity (Wildman–Crippen MR) is 92.5 cm³/mol. The van der Waals surface area contributed by atoms with E-state index in [4.69, 9.17) is 14.6 Å². The van der Waals surface area contributed by atoms with E-state index >= 15 is 0 Å². The number of hydrogen-bond acceptors (Lipinski definition) is 5. The smallest absolute Gasteiger partial charge is 0.335 e. The Balaban J connectivity index is 2.15. The Hall–Kier alpha value is -3.35. The van der Waals surface area contributed by atoms with Crippen LogP contribution in [0.2, 0.25) is 0 Å². The highest BCUT2D eigenvalue weighted by Gasteiger charge is 2.12. The van der Waals surface area contributed by atoms with Gasteiger partial charge in [-0.15, -0.1) is 0 Å². The molecule has 3 aromatic rings. The number of carboxylic acid groups (broad SMARTS) is 1. The van der Waals surface area contributed by atoms with Crippen LogP contribution in [0.5, 0.6) is 11.5 Å². The van der Waals surface area contributed by atoms with Gasteiger partial charge in [0.2, 0.25) is 0 Å². The van der Waals surface area contributed by atoms with E-state index in [1.165, 1.54) is 25.3 Å². The SMILES string of the molecule is CCOc1ccc(-c2nc3cc(C(=O)O)ccc3c(=O)[nH]2)cc1OC. The van der Waals surface area contributed by atoms with E-state index < -0.39 is 5.97 Å². The molecule has 0 saturated carbocycles. The summed E-state index contributed by atoms with van der Waals surface area (Å²) in [6.07, 6.45) is 0. The summed E-state index contributed by atoms with van der Waals surface area (Å²) in [6.45, 7) is 2.37. The van der Waals surface area contributed by atoms with Crippen molar-refractivity contribution in [3.63, 3.8) is 0 Å². The molecule has 0 fully saturated rings. The number of fused-ring (bicyclic) bond motifs is 1. The minimum Gasteiger partial charge on any atom is -0.493 e. The first-order chi connectivity index (χ1) is 12.0. The number of nitrogens with zero attached hydrogens (tertiary/aromatic N) is 1. The number of aromatic nitrogens is 2. The highest BCUT2D eigenvalue weighted by molar-refractivity contribution is 5.93. The van der Waals surface area contributed by atoms with Gasteiger partial charge in [-0.1, -0.05) is 0 Å². The molecule has 25 heavy (non-hydrogen) atoms. The average molecular weight is 340 g/mol. The van der Waals surface area contributed by atoms with Crippen LogP contribution in [0.25, 0.3) is 22.3 Å². The first-order valence-corrected chi connectivity index (χ1v) is 7.62. The van der Waals surface area contributed by atoms with Crippen molar-refractivity contribution in [2.45, 2.75) is 6.92 Å². The molecule has 2 N–H and O–H groups in total. The molecule has 0 saturated heterocycles. The Morgan fingerprint density at radius 1 is 1.20 bits per heavy atom. The van der Waals surface area contributed by atoms with E-state index in [-0.39, 0.29) is 11.1 Å². The van der Waals surface area contributed by atoms with Gasteiger partial charge in [0.1, 0.15) is 5.82 Å². The highest BCUT2D eigenvalue weighted by atomic mass is 16.5. The zero-order chi connectivity index (χ0) is 18.0. The number of benzene rings is 2. The second-order valence-corrected chi connectivity index (χ2v) is 5.25. The molecule has 0 spiro atoms.